The number of methoxy groups -OCH3 is 1. The van der Waals surface area contributed by atoms with Crippen molar-refractivity contribution in [2.45, 2.75) is 0 Å². The van der Waals surface area contributed by atoms with E-state index in [1.165, 1.54) is 0 Å². The van der Waals surface area contributed by atoms with Crippen LogP contribution in [0.5, 0.6) is 5.75 Å². The molecule has 0 aliphatic rings. The molecule has 1 N–H and O–H groups in total. The van der Waals surface area contributed by atoms with Gasteiger partial charge >= 0.3 is 0 Å². The molecular weight excluding hydrogens is 240 g/mol. The maximum Gasteiger partial charge on any atom is 0.180 e. The van der Waals surface area contributed by atoms with Crippen molar-refractivity contribution < 1.29 is 4.74 Å². The van der Waals surface area contributed by atoms with Gasteiger partial charge in [0, 0.05) is 5.56 Å². The Hall–Kier alpha value is -2.69. The zero-order valence-corrected chi connectivity index (χ0v) is 10.4. The second-order valence-corrected chi connectivity index (χ2v) is 4.02. The molecule has 0 fully saturated rings. The Kier molecular flexibility index (Phi) is 2.94. The van der Waals surface area contributed by atoms with Gasteiger partial charge < -0.3 is 4.74 Å². The average molecular weight is 252 g/mol. The molecule has 0 unspecified atom stereocenters. The first-order chi connectivity index (χ1) is 9.38. The third-order valence-corrected chi connectivity index (χ3v) is 2.93. The van der Waals surface area contributed by atoms with Crippen LogP contribution in [0.4, 0.5) is 0 Å². The first kappa shape index (κ1) is 11.4. The highest BCUT2D eigenvalue weighted by Gasteiger charge is 2.09. The first-order valence-electron chi connectivity index (χ1n) is 5.86. The molecule has 0 aliphatic carbocycles. The predicted molar refractivity (Wildman–Crippen MR) is 71.6 cm³/mol. The van der Waals surface area contributed by atoms with E-state index in [9.17, 15) is 0 Å². The maximum atomic E-state index is 5.17. The van der Waals surface area contributed by atoms with E-state index in [0.717, 1.165) is 22.4 Å². The fraction of sp³-hybridized carbons (Fsp3) is 0.0714. The quantitative estimate of drug-likeness (QED) is 0.778. The smallest absolute Gasteiger partial charge is 0.180 e. The van der Waals surface area contributed by atoms with E-state index in [2.05, 4.69) is 20.6 Å². The number of aromatic nitrogens is 4. The number of nitrogens with zero attached hydrogens (tertiary/aromatic N) is 3. The highest BCUT2D eigenvalue weighted by atomic mass is 16.5. The Morgan fingerprint density at radius 2 is 1.68 bits per heavy atom. The normalized spacial score (nSPS) is 10.4. The van der Waals surface area contributed by atoms with Gasteiger partial charge in [-0.05, 0) is 33.7 Å². The van der Waals surface area contributed by atoms with Crippen molar-refractivity contribution >= 4 is 0 Å². The summed E-state index contributed by atoms with van der Waals surface area (Å²) in [5, 5.41) is 14.0. The highest BCUT2D eigenvalue weighted by Crippen LogP contribution is 2.30. The van der Waals surface area contributed by atoms with Crippen LogP contribution < -0.4 is 4.74 Å². The Morgan fingerprint density at radius 3 is 2.32 bits per heavy atom. The van der Waals surface area contributed by atoms with Crippen molar-refractivity contribution in [1.29, 1.82) is 0 Å². The van der Waals surface area contributed by atoms with Gasteiger partial charge in [-0.1, -0.05) is 36.4 Å². The Balaban J connectivity index is 2.09. The number of hydrogen-bond acceptors (Lipinski definition) is 4. The molecule has 3 rings (SSSR count). The van der Waals surface area contributed by atoms with E-state index < -0.39 is 0 Å². The Morgan fingerprint density at radius 1 is 0.947 bits per heavy atom. The van der Waals surface area contributed by atoms with E-state index in [1.807, 2.05) is 48.5 Å². The van der Waals surface area contributed by atoms with Gasteiger partial charge in [0.2, 0.25) is 0 Å². The monoisotopic (exact) mass is 252 g/mol. The minimum absolute atomic E-state index is 0.659. The summed E-state index contributed by atoms with van der Waals surface area (Å²) in [5.41, 5.74) is 3.13. The van der Waals surface area contributed by atoms with Crippen LogP contribution in [0.15, 0.2) is 48.5 Å². The summed E-state index contributed by atoms with van der Waals surface area (Å²) in [7, 11) is 1.66. The van der Waals surface area contributed by atoms with E-state index in [-0.39, 0.29) is 0 Å². The standard InChI is InChI=1S/C14H12N4O/c1-19-11-8-6-10(7-9-11)12-4-2-3-5-13(12)14-15-17-18-16-14/h2-9H,1H3,(H,15,16,17,18). The Labute approximate surface area is 110 Å². The molecule has 0 aliphatic heterocycles. The third-order valence-electron chi connectivity index (χ3n) is 2.93. The van der Waals surface area contributed by atoms with Gasteiger partial charge in [-0.2, -0.15) is 0 Å². The zero-order chi connectivity index (χ0) is 13.1. The van der Waals surface area contributed by atoms with Gasteiger partial charge in [0.05, 0.1) is 7.11 Å². The van der Waals surface area contributed by atoms with Gasteiger partial charge in [-0.25, -0.2) is 5.10 Å². The van der Waals surface area contributed by atoms with Crippen LogP contribution in [0.3, 0.4) is 0 Å². The molecule has 5 nitrogen and oxygen atoms in total. The number of rotatable bonds is 3. The van der Waals surface area contributed by atoms with Crippen molar-refractivity contribution in [1.82, 2.24) is 20.6 Å². The number of ether oxygens (including phenoxy) is 1. The summed E-state index contributed by atoms with van der Waals surface area (Å²) in [5.74, 6) is 1.49. The third kappa shape index (κ3) is 2.18. The molecule has 0 bridgehead atoms. The average Bonchev–Trinajstić information content (AvgIpc) is 3.01. The summed E-state index contributed by atoms with van der Waals surface area (Å²) in [6.07, 6.45) is 0. The maximum absolute atomic E-state index is 5.17. The second kappa shape index (κ2) is 4.89. The van der Waals surface area contributed by atoms with Gasteiger partial charge in [-0.3, -0.25) is 0 Å². The van der Waals surface area contributed by atoms with Crippen LogP contribution in [0, 0.1) is 0 Å². The SMILES string of the molecule is COc1ccc(-c2ccccc2-c2nnn[nH]2)cc1. The number of aromatic amines is 1. The van der Waals surface area contributed by atoms with Crippen molar-refractivity contribution in [3.8, 4) is 28.3 Å². The van der Waals surface area contributed by atoms with Crippen LogP contribution >= 0.6 is 0 Å². The summed E-state index contributed by atoms with van der Waals surface area (Å²) < 4.78 is 5.17. The molecule has 0 amide bonds. The zero-order valence-electron chi connectivity index (χ0n) is 10.4. The number of nitrogens with one attached hydrogen (secondary N) is 1. The van der Waals surface area contributed by atoms with Crippen LogP contribution in [0.2, 0.25) is 0 Å². The number of tetrazole rings is 1. The molecule has 0 saturated carbocycles. The molecule has 94 valence electrons. The minimum Gasteiger partial charge on any atom is -0.497 e. The first-order valence-corrected chi connectivity index (χ1v) is 5.86. The van der Waals surface area contributed by atoms with E-state index in [4.69, 9.17) is 4.74 Å². The van der Waals surface area contributed by atoms with Crippen LogP contribution in [0.1, 0.15) is 0 Å². The van der Waals surface area contributed by atoms with E-state index in [1.54, 1.807) is 7.11 Å². The largest absolute Gasteiger partial charge is 0.497 e. The molecule has 0 atom stereocenters. The number of benzene rings is 2. The lowest BCUT2D eigenvalue weighted by molar-refractivity contribution is 0.415. The molecule has 0 radical (unpaired) electrons. The molecule has 3 aromatic rings. The van der Waals surface area contributed by atoms with E-state index in [0.29, 0.717) is 5.82 Å². The van der Waals surface area contributed by atoms with Crippen LogP contribution in [0.25, 0.3) is 22.5 Å². The number of hydrogen-bond donors (Lipinski definition) is 1. The lowest BCUT2D eigenvalue weighted by Crippen LogP contribution is -1.88. The topological polar surface area (TPSA) is 63.7 Å². The van der Waals surface area contributed by atoms with Gasteiger partial charge in [-0.15, -0.1) is 5.10 Å². The molecule has 0 saturated heterocycles. The minimum atomic E-state index is 0.659. The lowest BCUT2D eigenvalue weighted by Gasteiger charge is -2.07. The predicted octanol–water partition coefficient (Wildman–Crippen LogP) is 2.54. The fourth-order valence-corrected chi connectivity index (χ4v) is 1.99. The number of H-pyrrole nitrogens is 1. The van der Waals surface area contributed by atoms with Gasteiger partial charge in [0.1, 0.15) is 5.75 Å². The fourth-order valence-electron chi connectivity index (χ4n) is 1.99. The summed E-state index contributed by atoms with van der Waals surface area (Å²) in [6, 6.07) is 15.9. The second-order valence-electron chi connectivity index (χ2n) is 4.02. The van der Waals surface area contributed by atoms with Crippen molar-refractivity contribution in [3.05, 3.63) is 48.5 Å². The molecular formula is C14H12N4O. The molecule has 2 aromatic carbocycles. The van der Waals surface area contributed by atoms with E-state index >= 15 is 0 Å². The van der Waals surface area contributed by atoms with Crippen LogP contribution in [-0.4, -0.2) is 27.7 Å². The molecule has 5 heteroatoms. The molecule has 1 aromatic heterocycles. The van der Waals surface area contributed by atoms with Crippen LogP contribution in [-0.2, 0) is 0 Å². The van der Waals surface area contributed by atoms with Crippen molar-refractivity contribution in [3.63, 3.8) is 0 Å². The van der Waals surface area contributed by atoms with Gasteiger partial charge in [0.25, 0.3) is 0 Å². The van der Waals surface area contributed by atoms with Crippen molar-refractivity contribution in [2.24, 2.45) is 0 Å². The van der Waals surface area contributed by atoms with Gasteiger partial charge in [0.15, 0.2) is 5.82 Å². The summed E-state index contributed by atoms with van der Waals surface area (Å²) in [6.45, 7) is 0. The highest BCUT2D eigenvalue weighted by molar-refractivity contribution is 5.80. The molecule has 0 spiro atoms. The molecule has 1 heterocycles. The lowest BCUT2D eigenvalue weighted by atomic mass is 9.99. The summed E-state index contributed by atoms with van der Waals surface area (Å²) in [4.78, 5) is 0. The Bertz CT molecular complexity index is 662. The summed E-state index contributed by atoms with van der Waals surface area (Å²) >= 11 is 0. The molecule has 19 heavy (non-hydrogen) atoms. The van der Waals surface area contributed by atoms with Crippen molar-refractivity contribution in [2.75, 3.05) is 7.11 Å².